The number of alkyl halides is 2. The van der Waals surface area contributed by atoms with Gasteiger partial charge in [0.1, 0.15) is 11.3 Å². The third-order valence-electron chi connectivity index (χ3n) is 1.63. The molecule has 1 aromatic rings. The zero-order valence-electron chi connectivity index (χ0n) is 7.29. The van der Waals surface area contributed by atoms with Gasteiger partial charge in [-0.1, -0.05) is 0 Å². The van der Waals surface area contributed by atoms with Gasteiger partial charge < -0.3 is 0 Å². The van der Waals surface area contributed by atoms with Crippen LogP contribution in [0.25, 0.3) is 0 Å². The first-order valence-electron chi connectivity index (χ1n) is 3.67. The number of hydrogen-bond donors (Lipinski definition) is 0. The summed E-state index contributed by atoms with van der Waals surface area (Å²) in [5.41, 5.74) is -3.93. The molecule has 0 amide bonds. The maximum atomic E-state index is 12.9. The van der Waals surface area contributed by atoms with Crippen LogP contribution in [-0.4, -0.2) is 15.1 Å². The Hall–Kier alpha value is -1.70. The first-order chi connectivity index (χ1) is 7.36. The topological polar surface area (TPSA) is 73.1 Å². The van der Waals surface area contributed by atoms with Gasteiger partial charge >= 0.3 is 5.69 Å². The van der Waals surface area contributed by atoms with Crippen LogP contribution in [-0.2, 0) is 0 Å². The lowest BCUT2D eigenvalue weighted by molar-refractivity contribution is -0.389. The summed E-state index contributed by atoms with van der Waals surface area (Å²) in [5, 5.41) is 8.95. The summed E-state index contributed by atoms with van der Waals surface area (Å²) < 4.78 is 37.8. The van der Waals surface area contributed by atoms with Gasteiger partial charge in [-0.25, -0.2) is 13.8 Å². The van der Waals surface area contributed by atoms with Crippen LogP contribution >= 0.6 is 11.6 Å². The Morgan fingerprint density at radius 3 is 2.50 bits per heavy atom. The molecule has 1 aromatic heterocycles. The number of nitrogens with zero attached hydrogens (tertiary/aromatic N) is 2. The van der Waals surface area contributed by atoms with E-state index in [2.05, 4.69) is 4.98 Å². The van der Waals surface area contributed by atoms with E-state index in [4.69, 9.17) is 11.6 Å². The average Bonchev–Trinajstić information content (AvgIpc) is 2.15. The molecule has 1 rings (SSSR count). The van der Waals surface area contributed by atoms with Gasteiger partial charge in [-0.05, 0) is 11.6 Å². The van der Waals surface area contributed by atoms with Crippen molar-refractivity contribution in [3.8, 4) is 0 Å². The van der Waals surface area contributed by atoms with Crippen LogP contribution in [0.5, 0.6) is 0 Å². The maximum Gasteiger partial charge on any atom is 0.317 e. The number of pyridine rings is 1. The van der Waals surface area contributed by atoms with Gasteiger partial charge in [0.2, 0.25) is 5.82 Å². The van der Waals surface area contributed by atoms with Crippen LogP contribution in [0, 0.1) is 15.9 Å². The normalized spacial score (nSPS) is 10.6. The minimum atomic E-state index is -3.43. The second kappa shape index (κ2) is 4.44. The molecule has 0 spiro atoms. The van der Waals surface area contributed by atoms with Crippen molar-refractivity contribution in [2.45, 2.75) is 6.43 Å². The summed E-state index contributed by atoms with van der Waals surface area (Å²) in [5.74, 6) is -1.55. The van der Waals surface area contributed by atoms with E-state index in [0.717, 1.165) is 0 Å². The highest BCUT2D eigenvalue weighted by Gasteiger charge is 2.32. The van der Waals surface area contributed by atoms with Crippen molar-refractivity contribution < 1.29 is 22.9 Å². The fourth-order valence-corrected chi connectivity index (χ4v) is 1.19. The summed E-state index contributed by atoms with van der Waals surface area (Å²) in [4.78, 5) is 22.7. The quantitative estimate of drug-likeness (QED) is 0.472. The number of aromatic nitrogens is 1. The molecular formula is C7H2ClF3N2O3. The number of hydrogen-bond acceptors (Lipinski definition) is 4. The smallest absolute Gasteiger partial charge is 0.274 e. The lowest BCUT2D eigenvalue weighted by atomic mass is 10.1. The summed E-state index contributed by atoms with van der Waals surface area (Å²) in [7, 11) is 0. The van der Waals surface area contributed by atoms with Crippen molar-refractivity contribution in [1.82, 2.24) is 4.98 Å². The molecule has 0 aliphatic heterocycles. The van der Waals surface area contributed by atoms with Gasteiger partial charge in [-0.3, -0.25) is 14.9 Å². The zero-order valence-corrected chi connectivity index (χ0v) is 8.04. The Morgan fingerprint density at radius 1 is 1.56 bits per heavy atom. The minimum absolute atomic E-state index is 0.291. The molecule has 16 heavy (non-hydrogen) atoms. The highest BCUT2D eigenvalue weighted by atomic mass is 35.5. The van der Waals surface area contributed by atoms with Crippen molar-refractivity contribution >= 4 is 22.5 Å². The van der Waals surface area contributed by atoms with Crippen LogP contribution in [0.2, 0.25) is 0 Å². The van der Waals surface area contributed by atoms with E-state index in [1.807, 2.05) is 0 Å². The van der Waals surface area contributed by atoms with E-state index in [-0.39, 0.29) is 0 Å². The monoisotopic (exact) mass is 254 g/mol. The molecule has 0 saturated heterocycles. The lowest BCUT2D eigenvalue weighted by Gasteiger charge is -2.05. The average molecular weight is 255 g/mol. The van der Waals surface area contributed by atoms with Crippen molar-refractivity contribution in [1.29, 1.82) is 0 Å². The van der Waals surface area contributed by atoms with Crippen molar-refractivity contribution in [2.24, 2.45) is 0 Å². The molecule has 86 valence electrons. The molecule has 0 aliphatic rings. The first kappa shape index (κ1) is 12.4. The Bertz CT molecular complexity index is 466. The van der Waals surface area contributed by atoms with Crippen molar-refractivity contribution in [3.05, 3.63) is 33.4 Å². The highest BCUT2D eigenvalue weighted by molar-refractivity contribution is 6.67. The van der Waals surface area contributed by atoms with E-state index >= 15 is 0 Å². The largest absolute Gasteiger partial charge is 0.317 e. The Balaban J connectivity index is 3.63. The molecule has 0 saturated carbocycles. The van der Waals surface area contributed by atoms with Gasteiger partial charge in [0, 0.05) is 0 Å². The summed E-state index contributed by atoms with van der Waals surface area (Å²) >= 11 is 4.90. The second-order valence-electron chi connectivity index (χ2n) is 2.55. The third-order valence-corrected chi connectivity index (χ3v) is 1.81. The SMILES string of the molecule is O=C(Cl)c1ncc(F)c([N+](=O)[O-])c1C(F)F. The van der Waals surface area contributed by atoms with E-state index in [1.165, 1.54) is 0 Å². The Kier molecular flexibility index (Phi) is 3.43. The summed E-state index contributed by atoms with van der Waals surface area (Å²) in [6.45, 7) is 0. The molecule has 0 atom stereocenters. The number of carbonyl (C=O) groups excluding carboxylic acids is 1. The molecule has 9 heteroatoms. The van der Waals surface area contributed by atoms with Gasteiger partial charge in [-0.15, -0.1) is 0 Å². The molecule has 0 unspecified atom stereocenters. The molecule has 0 radical (unpaired) electrons. The minimum Gasteiger partial charge on any atom is -0.274 e. The number of nitro groups is 1. The van der Waals surface area contributed by atoms with Crippen LogP contribution in [0.1, 0.15) is 22.5 Å². The van der Waals surface area contributed by atoms with Gasteiger partial charge in [0.05, 0.1) is 11.1 Å². The Morgan fingerprint density at radius 2 is 2.12 bits per heavy atom. The maximum absolute atomic E-state index is 12.9. The number of rotatable bonds is 3. The second-order valence-corrected chi connectivity index (χ2v) is 2.89. The first-order valence-corrected chi connectivity index (χ1v) is 4.04. The molecule has 0 aliphatic carbocycles. The lowest BCUT2D eigenvalue weighted by Crippen LogP contribution is -2.08. The van der Waals surface area contributed by atoms with Gasteiger partial charge in [0.15, 0.2) is 0 Å². The predicted octanol–water partition coefficient (Wildman–Crippen LogP) is 2.45. The Labute approximate surface area is 91.0 Å². The van der Waals surface area contributed by atoms with E-state index < -0.39 is 39.4 Å². The summed E-state index contributed by atoms with van der Waals surface area (Å²) in [6.07, 6.45) is -3.14. The molecule has 1 heterocycles. The highest BCUT2D eigenvalue weighted by Crippen LogP contribution is 2.33. The van der Waals surface area contributed by atoms with E-state index in [1.54, 1.807) is 0 Å². The van der Waals surface area contributed by atoms with Crippen LogP contribution in [0.4, 0.5) is 18.9 Å². The zero-order chi connectivity index (χ0) is 12.5. The van der Waals surface area contributed by atoms with E-state index in [9.17, 15) is 28.1 Å². The predicted molar refractivity (Wildman–Crippen MR) is 46.0 cm³/mol. The number of carbonyl (C=O) groups is 1. The number of halogens is 4. The van der Waals surface area contributed by atoms with Crippen molar-refractivity contribution in [3.63, 3.8) is 0 Å². The molecule has 0 N–H and O–H groups in total. The van der Waals surface area contributed by atoms with Gasteiger partial charge in [-0.2, -0.15) is 4.39 Å². The van der Waals surface area contributed by atoms with Crippen molar-refractivity contribution in [2.75, 3.05) is 0 Å². The van der Waals surface area contributed by atoms with Crippen LogP contribution in [0.15, 0.2) is 6.20 Å². The fraction of sp³-hybridized carbons (Fsp3) is 0.143. The molecular weight excluding hydrogens is 253 g/mol. The van der Waals surface area contributed by atoms with Crippen LogP contribution < -0.4 is 0 Å². The molecule has 0 aromatic carbocycles. The summed E-state index contributed by atoms with van der Waals surface area (Å²) in [6, 6.07) is 0. The standard InChI is InChI=1S/C7H2ClF3N2O3/c8-6(14)4-3(7(10)11)5(13(15)16)2(9)1-12-4/h1,7H. The van der Waals surface area contributed by atoms with Gasteiger partial charge in [0.25, 0.3) is 11.7 Å². The molecule has 0 fully saturated rings. The van der Waals surface area contributed by atoms with Crippen LogP contribution in [0.3, 0.4) is 0 Å². The molecule has 0 bridgehead atoms. The third kappa shape index (κ3) is 2.11. The van der Waals surface area contributed by atoms with E-state index in [0.29, 0.717) is 6.20 Å². The molecule has 5 nitrogen and oxygen atoms in total. The fourth-order valence-electron chi connectivity index (χ4n) is 1.04.